The first kappa shape index (κ1) is 27.0. The van der Waals surface area contributed by atoms with Crippen LogP contribution in [0.15, 0.2) is 194 Å². The molecule has 0 aliphatic heterocycles. The Bertz CT molecular complexity index is 1880. The highest BCUT2D eigenvalue weighted by Gasteiger charge is 2.15. The SMILES string of the molecule is c1ccc(-c2cccc(N(c3ccccc3)c3ccc(-c4ccc(N(c5ccccc5)c5ccccc5)cc4)cc3)c2)cc1. The summed E-state index contributed by atoms with van der Waals surface area (Å²) >= 11 is 0. The Kier molecular flexibility index (Phi) is 7.71. The second kappa shape index (κ2) is 12.6. The summed E-state index contributed by atoms with van der Waals surface area (Å²) in [4.78, 5) is 4.60. The minimum Gasteiger partial charge on any atom is -0.311 e. The maximum absolute atomic E-state index is 2.32. The topological polar surface area (TPSA) is 6.48 Å². The first-order valence-electron chi connectivity index (χ1n) is 14.9. The van der Waals surface area contributed by atoms with Crippen LogP contribution in [0.4, 0.5) is 34.1 Å². The number of hydrogen-bond acceptors (Lipinski definition) is 2. The van der Waals surface area contributed by atoms with Crippen LogP contribution in [0.3, 0.4) is 0 Å². The van der Waals surface area contributed by atoms with Crippen LogP contribution in [0, 0.1) is 0 Å². The zero-order valence-corrected chi connectivity index (χ0v) is 24.4. The molecule has 210 valence electrons. The molecule has 0 spiro atoms. The van der Waals surface area contributed by atoms with E-state index >= 15 is 0 Å². The van der Waals surface area contributed by atoms with E-state index in [-0.39, 0.29) is 0 Å². The molecule has 0 aliphatic carbocycles. The molecule has 0 heterocycles. The number of nitrogens with zero attached hydrogens (tertiary/aromatic N) is 2. The van der Waals surface area contributed by atoms with Crippen molar-refractivity contribution in [1.82, 2.24) is 0 Å². The van der Waals surface area contributed by atoms with Crippen molar-refractivity contribution in [2.24, 2.45) is 0 Å². The van der Waals surface area contributed by atoms with E-state index in [1.165, 1.54) is 22.3 Å². The molecule has 0 saturated heterocycles. The molecule has 7 rings (SSSR count). The maximum atomic E-state index is 2.32. The molecule has 0 saturated carbocycles. The fourth-order valence-corrected chi connectivity index (χ4v) is 5.69. The Balaban J connectivity index is 1.20. The number of anilines is 6. The van der Waals surface area contributed by atoms with Gasteiger partial charge in [0, 0.05) is 34.1 Å². The average Bonchev–Trinajstić information content (AvgIpc) is 3.11. The molecular formula is C42H32N2. The molecule has 0 fully saturated rings. The molecule has 0 atom stereocenters. The Morgan fingerprint density at radius 3 is 0.932 bits per heavy atom. The van der Waals surface area contributed by atoms with Crippen LogP contribution in [0.2, 0.25) is 0 Å². The van der Waals surface area contributed by atoms with Crippen LogP contribution in [-0.4, -0.2) is 0 Å². The highest BCUT2D eigenvalue weighted by Crippen LogP contribution is 2.38. The third-order valence-corrected chi connectivity index (χ3v) is 7.84. The van der Waals surface area contributed by atoms with E-state index in [0.717, 1.165) is 34.1 Å². The Morgan fingerprint density at radius 1 is 0.205 bits per heavy atom. The molecule has 0 bridgehead atoms. The van der Waals surface area contributed by atoms with Crippen molar-refractivity contribution in [1.29, 1.82) is 0 Å². The number of benzene rings is 7. The van der Waals surface area contributed by atoms with Gasteiger partial charge in [-0.25, -0.2) is 0 Å². The van der Waals surface area contributed by atoms with Gasteiger partial charge in [-0.15, -0.1) is 0 Å². The third kappa shape index (κ3) is 5.74. The van der Waals surface area contributed by atoms with E-state index in [0.29, 0.717) is 0 Å². The molecule has 0 unspecified atom stereocenters. The monoisotopic (exact) mass is 564 g/mol. The minimum atomic E-state index is 1.11. The molecule has 0 aliphatic rings. The predicted octanol–water partition coefficient (Wildman–Crippen LogP) is 12.0. The highest BCUT2D eigenvalue weighted by atomic mass is 15.1. The van der Waals surface area contributed by atoms with Gasteiger partial charge in [0.05, 0.1) is 0 Å². The van der Waals surface area contributed by atoms with E-state index in [9.17, 15) is 0 Å². The van der Waals surface area contributed by atoms with Gasteiger partial charge in [0.2, 0.25) is 0 Å². The summed E-state index contributed by atoms with van der Waals surface area (Å²) in [5.74, 6) is 0. The lowest BCUT2D eigenvalue weighted by molar-refractivity contribution is 1.28. The van der Waals surface area contributed by atoms with Gasteiger partial charge in [-0.2, -0.15) is 0 Å². The van der Waals surface area contributed by atoms with Gasteiger partial charge in [-0.1, -0.05) is 121 Å². The molecule has 2 nitrogen and oxygen atoms in total. The van der Waals surface area contributed by atoms with Crippen molar-refractivity contribution in [3.63, 3.8) is 0 Å². The lowest BCUT2D eigenvalue weighted by Crippen LogP contribution is -2.10. The summed E-state index contributed by atoms with van der Waals surface area (Å²) in [7, 11) is 0. The van der Waals surface area contributed by atoms with Crippen LogP contribution in [-0.2, 0) is 0 Å². The van der Waals surface area contributed by atoms with Crippen molar-refractivity contribution in [2.45, 2.75) is 0 Å². The zero-order valence-electron chi connectivity index (χ0n) is 24.4. The standard InChI is InChI=1S/C42H32N2/c1-5-14-33(15-6-1)36-16-13-23-42(32-36)44(39-21-11-4-12-22-39)41-30-26-35(27-31-41)34-24-28-40(29-25-34)43(37-17-7-2-8-18-37)38-19-9-3-10-20-38/h1-32H. The molecule has 7 aromatic rings. The molecule has 0 N–H and O–H groups in total. The van der Waals surface area contributed by atoms with Crippen molar-refractivity contribution in [3.8, 4) is 22.3 Å². The molecule has 0 aromatic heterocycles. The molecule has 44 heavy (non-hydrogen) atoms. The normalized spacial score (nSPS) is 10.7. The van der Waals surface area contributed by atoms with Crippen LogP contribution in [0.1, 0.15) is 0 Å². The van der Waals surface area contributed by atoms with E-state index in [1.54, 1.807) is 0 Å². The zero-order chi connectivity index (χ0) is 29.6. The van der Waals surface area contributed by atoms with Gasteiger partial charge in [0.25, 0.3) is 0 Å². The second-order valence-corrected chi connectivity index (χ2v) is 10.7. The lowest BCUT2D eigenvalue weighted by Gasteiger charge is -2.26. The minimum absolute atomic E-state index is 1.11. The van der Waals surface area contributed by atoms with Crippen molar-refractivity contribution >= 4 is 34.1 Å². The van der Waals surface area contributed by atoms with Gasteiger partial charge >= 0.3 is 0 Å². The summed E-state index contributed by atoms with van der Waals surface area (Å²) < 4.78 is 0. The van der Waals surface area contributed by atoms with Crippen molar-refractivity contribution in [3.05, 3.63) is 194 Å². The van der Waals surface area contributed by atoms with Crippen LogP contribution < -0.4 is 9.80 Å². The van der Waals surface area contributed by atoms with E-state index in [2.05, 4.69) is 204 Å². The maximum Gasteiger partial charge on any atom is 0.0467 e. The summed E-state index contributed by atoms with van der Waals surface area (Å²) in [6.45, 7) is 0. The van der Waals surface area contributed by atoms with Gasteiger partial charge < -0.3 is 9.80 Å². The third-order valence-electron chi connectivity index (χ3n) is 7.84. The fourth-order valence-electron chi connectivity index (χ4n) is 5.69. The van der Waals surface area contributed by atoms with Crippen molar-refractivity contribution in [2.75, 3.05) is 9.80 Å². The fraction of sp³-hybridized carbons (Fsp3) is 0. The van der Waals surface area contributed by atoms with E-state index in [4.69, 9.17) is 0 Å². The van der Waals surface area contributed by atoms with Gasteiger partial charge in [0.15, 0.2) is 0 Å². The van der Waals surface area contributed by atoms with Gasteiger partial charge in [0.1, 0.15) is 0 Å². The summed E-state index contributed by atoms with van der Waals surface area (Å²) in [6.07, 6.45) is 0. The van der Waals surface area contributed by atoms with Crippen LogP contribution >= 0.6 is 0 Å². The smallest absolute Gasteiger partial charge is 0.0467 e. The average molecular weight is 565 g/mol. The molecule has 7 aromatic carbocycles. The van der Waals surface area contributed by atoms with Crippen molar-refractivity contribution < 1.29 is 0 Å². The van der Waals surface area contributed by atoms with E-state index < -0.39 is 0 Å². The molecule has 0 amide bonds. The summed E-state index contributed by atoms with van der Waals surface area (Å²) in [5, 5.41) is 0. The Hall–Kier alpha value is -5.86. The molecule has 2 heteroatoms. The Labute approximate surface area is 259 Å². The highest BCUT2D eigenvalue weighted by molar-refractivity contribution is 5.82. The largest absolute Gasteiger partial charge is 0.311 e. The van der Waals surface area contributed by atoms with Crippen LogP contribution in [0.25, 0.3) is 22.3 Å². The predicted molar refractivity (Wildman–Crippen MR) is 187 cm³/mol. The number of rotatable bonds is 8. The number of hydrogen-bond donors (Lipinski definition) is 0. The molecule has 0 radical (unpaired) electrons. The van der Waals surface area contributed by atoms with Gasteiger partial charge in [-0.05, 0) is 95.1 Å². The first-order valence-corrected chi connectivity index (χ1v) is 14.9. The van der Waals surface area contributed by atoms with Gasteiger partial charge in [-0.3, -0.25) is 0 Å². The second-order valence-electron chi connectivity index (χ2n) is 10.7. The lowest BCUT2D eigenvalue weighted by atomic mass is 10.0. The Morgan fingerprint density at radius 2 is 0.500 bits per heavy atom. The van der Waals surface area contributed by atoms with Crippen LogP contribution in [0.5, 0.6) is 0 Å². The number of para-hydroxylation sites is 3. The quantitative estimate of drug-likeness (QED) is 0.181. The molecular weight excluding hydrogens is 532 g/mol. The summed E-state index contributed by atoms with van der Waals surface area (Å²) in [5.41, 5.74) is 11.5. The first-order chi connectivity index (χ1) is 21.8. The summed E-state index contributed by atoms with van der Waals surface area (Å²) in [6, 6.07) is 68.6. The van der Waals surface area contributed by atoms with E-state index in [1.807, 2.05) is 0 Å².